The van der Waals surface area contributed by atoms with Crippen LogP contribution in [0.3, 0.4) is 0 Å². The summed E-state index contributed by atoms with van der Waals surface area (Å²) in [5.74, 6) is -0.538. The Hall–Kier alpha value is -3.19. The van der Waals surface area contributed by atoms with E-state index in [-0.39, 0.29) is 45.0 Å². The van der Waals surface area contributed by atoms with Gasteiger partial charge >= 0.3 is 12.6 Å². The van der Waals surface area contributed by atoms with Crippen LogP contribution >= 0.6 is 23.2 Å². The number of ether oxygens (including phenoxy) is 3. The summed E-state index contributed by atoms with van der Waals surface area (Å²) in [5, 5.41) is 0.504. The van der Waals surface area contributed by atoms with Gasteiger partial charge in [0.1, 0.15) is 6.10 Å². The smallest absolute Gasteiger partial charge is 0.387 e. The van der Waals surface area contributed by atoms with Crippen LogP contribution in [-0.2, 0) is 21.2 Å². The van der Waals surface area contributed by atoms with Crippen LogP contribution in [0.2, 0.25) is 10.0 Å². The molecule has 0 radical (unpaired) electrons. The summed E-state index contributed by atoms with van der Waals surface area (Å²) in [7, 11) is -0.0469. The largest absolute Gasteiger partial charge is 0.489 e. The maximum absolute atomic E-state index is 13.3. The van der Waals surface area contributed by atoms with Crippen LogP contribution in [0.5, 0.6) is 11.5 Å². The van der Waals surface area contributed by atoms with Gasteiger partial charge in [-0.3, -0.25) is 9.71 Å². The first-order chi connectivity index (χ1) is 20.4. The van der Waals surface area contributed by atoms with E-state index in [0.29, 0.717) is 30.2 Å². The van der Waals surface area contributed by atoms with Crippen molar-refractivity contribution in [1.82, 2.24) is 9.88 Å². The maximum Gasteiger partial charge on any atom is 0.387 e. The Morgan fingerprint density at radius 1 is 1.07 bits per heavy atom. The summed E-state index contributed by atoms with van der Waals surface area (Å²) >= 11 is 12.7. The fourth-order valence-corrected chi connectivity index (χ4v) is 5.70. The molecular weight excluding hydrogens is 627 g/mol. The van der Waals surface area contributed by atoms with Crippen LogP contribution in [0.15, 0.2) is 54.9 Å². The maximum atomic E-state index is 13.3. The Labute approximate surface area is 259 Å². The molecule has 1 fully saturated rings. The van der Waals surface area contributed by atoms with Gasteiger partial charge in [-0.1, -0.05) is 29.3 Å². The molecule has 0 spiro atoms. The molecule has 3 aromatic rings. The number of alkyl halides is 2. The normalized spacial score (nSPS) is 14.0. The number of nitrogens with zero attached hydrogens (tertiary/aromatic N) is 2. The first-order valence-electron chi connectivity index (χ1n) is 13.4. The molecule has 1 N–H and O–H groups in total. The average Bonchev–Trinajstić information content (AvgIpc) is 3.77. The second-order valence-corrected chi connectivity index (χ2v) is 13.0. The standard InChI is InChI=1S/C29H31Cl2F2N3O6S/c1-36(2)11-12-43(38,39)35-21-8-5-19(6-9-21)28(37)41-26(14-22-23(30)15-34-16-24(22)31)20-7-10-25(42-29(32)33)27(13-20)40-17-18-3-4-18/h5-10,13,15-16,18,26,29,35H,3-4,11-12,14,17H2,1-2H3/t26-/m0/s1. The lowest BCUT2D eigenvalue weighted by Crippen LogP contribution is -2.26. The Balaban J connectivity index is 1.58. The van der Waals surface area contributed by atoms with Gasteiger partial charge in [0.2, 0.25) is 10.0 Å². The van der Waals surface area contributed by atoms with E-state index in [1.54, 1.807) is 19.0 Å². The fourth-order valence-electron chi connectivity index (χ4n) is 3.97. The van der Waals surface area contributed by atoms with Gasteiger partial charge in [-0.25, -0.2) is 13.2 Å². The number of esters is 1. The van der Waals surface area contributed by atoms with Crippen molar-refractivity contribution in [2.75, 3.05) is 37.7 Å². The SMILES string of the molecule is CN(C)CCS(=O)(=O)Nc1ccc(C(=O)O[C@@H](Cc2c(Cl)cncc2Cl)c2ccc(OC(F)F)c(OCC3CC3)c2)cc1. The predicted octanol–water partition coefficient (Wildman–Crippen LogP) is 6.22. The number of aromatic nitrogens is 1. The number of sulfonamides is 1. The number of benzene rings is 2. The molecule has 1 heterocycles. The monoisotopic (exact) mass is 657 g/mol. The number of hydrogen-bond donors (Lipinski definition) is 1. The number of carbonyl (C=O) groups is 1. The molecule has 232 valence electrons. The van der Waals surface area contributed by atoms with Gasteiger partial charge in [-0.2, -0.15) is 8.78 Å². The number of halogens is 4. The minimum atomic E-state index is -3.59. The third-order valence-electron chi connectivity index (χ3n) is 6.52. The minimum absolute atomic E-state index is 0.0345. The van der Waals surface area contributed by atoms with Crippen molar-refractivity contribution in [3.05, 3.63) is 81.6 Å². The lowest BCUT2D eigenvalue weighted by Gasteiger charge is -2.21. The molecule has 1 atom stereocenters. The average molecular weight is 659 g/mol. The van der Waals surface area contributed by atoms with E-state index in [0.717, 1.165) is 12.8 Å². The molecule has 4 rings (SSSR count). The summed E-state index contributed by atoms with van der Waals surface area (Å²) in [4.78, 5) is 19.0. The summed E-state index contributed by atoms with van der Waals surface area (Å²) in [6.07, 6.45) is 3.85. The van der Waals surface area contributed by atoms with Crippen molar-refractivity contribution in [1.29, 1.82) is 0 Å². The second kappa shape index (κ2) is 14.5. The highest BCUT2D eigenvalue weighted by Crippen LogP contribution is 2.38. The van der Waals surface area contributed by atoms with Crippen molar-refractivity contribution < 1.29 is 36.2 Å². The topological polar surface area (TPSA) is 107 Å². The molecule has 1 aliphatic carbocycles. The van der Waals surface area contributed by atoms with E-state index in [4.69, 9.17) is 32.7 Å². The second-order valence-electron chi connectivity index (χ2n) is 10.3. The van der Waals surface area contributed by atoms with Crippen LogP contribution in [0.4, 0.5) is 14.5 Å². The predicted molar refractivity (Wildman–Crippen MR) is 160 cm³/mol. The van der Waals surface area contributed by atoms with E-state index in [2.05, 4.69) is 14.4 Å². The van der Waals surface area contributed by atoms with Gasteiger partial charge in [0.15, 0.2) is 11.5 Å². The molecule has 1 aliphatic rings. The molecule has 14 heteroatoms. The number of hydrogen-bond acceptors (Lipinski definition) is 8. The highest BCUT2D eigenvalue weighted by atomic mass is 35.5. The van der Waals surface area contributed by atoms with Crippen LogP contribution in [0.1, 0.15) is 40.4 Å². The van der Waals surface area contributed by atoms with Gasteiger partial charge in [0.25, 0.3) is 0 Å². The van der Waals surface area contributed by atoms with E-state index in [1.165, 1.54) is 54.9 Å². The zero-order valence-electron chi connectivity index (χ0n) is 23.4. The van der Waals surface area contributed by atoms with E-state index >= 15 is 0 Å². The summed E-state index contributed by atoms with van der Waals surface area (Å²) in [6.45, 7) is -2.38. The molecular formula is C29H31Cl2F2N3O6S. The van der Waals surface area contributed by atoms with Crippen molar-refractivity contribution >= 4 is 44.9 Å². The number of nitrogens with one attached hydrogen (secondary N) is 1. The highest BCUT2D eigenvalue weighted by molar-refractivity contribution is 7.92. The van der Waals surface area contributed by atoms with Crippen molar-refractivity contribution in [3.63, 3.8) is 0 Å². The molecule has 43 heavy (non-hydrogen) atoms. The molecule has 9 nitrogen and oxygen atoms in total. The molecule has 0 unspecified atom stereocenters. The number of anilines is 1. The summed E-state index contributed by atoms with van der Waals surface area (Å²) in [6, 6.07) is 10.1. The minimum Gasteiger partial charge on any atom is -0.489 e. The lowest BCUT2D eigenvalue weighted by atomic mass is 10.0. The van der Waals surface area contributed by atoms with Gasteiger partial charge in [0.05, 0.1) is 28.0 Å². The lowest BCUT2D eigenvalue weighted by molar-refractivity contribution is -0.0515. The number of rotatable bonds is 15. The van der Waals surface area contributed by atoms with Crippen molar-refractivity contribution in [2.24, 2.45) is 5.92 Å². The highest BCUT2D eigenvalue weighted by Gasteiger charge is 2.26. The van der Waals surface area contributed by atoms with Gasteiger partial charge < -0.3 is 19.1 Å². The number of pyridine rings is 1. The van der Waals surface area contributed by atoms with E-state index < -0.39 is 28.7 Å². The molecule has 0 saturated heterocycles. The van der Waals surface area contributed by atoms with Crippen LogP contribution in [-0.4, -0.2) is 63.9 Å². The fraction of sp³-hybridized carbons (Fsp3) is 0.379. The Morgan fingerprint density at radius 3 is 2.35 bits per heavy atom. The molecule has 1 saturated carbocycles. The van der Waals surface area contributed by atoms with Crippen LogP contribution in [0.25, 0.3) is 0 Å². The molecule has 2 aromatic carbocycles. The van der Waals surface area contributed by atoms with Crippen LogP contribution in [0, 0.1) is 5.92 Å². The molecule has 0 bridgehead atoms. The quantitative estimate of drug-likeness (QED) is 0.192. The van der Waals surface area contributed by atoms with E-state index in [1.807, 2.05) is 0 Å². The third kappa shape index (κ3) is 9.92. The van der Waals surface area contributed by atoms with Crippen molar-refractivity contribution in [2.45, 2.75) is 32.0 Å². The molecule has 0 aliphatic heterocycles. The third-order valence-corrected chi connectivity index (χ3v) is 8.44. The number of carbonyl (C=O) groups excluding carboxylic acids is 1. The Bertz CT molecular complexity index is 1500. The first-order valence-corrected chi connectivity index (χ1v) is 15.8. The Kier molecular flexibility index (Phi) is 11.0. The first kappa shape index (κ1) is 32.7. The van der Waals surface area contributed by atoms with Gasteiger partial charge in [-0.05, 0) is 80.4 Å². The molecule has 1 aromatic heterocycles. The zero-order valence-corrected chi connectivity index (χ0v) is 25.8. The van der Waals surface area contributed by atoms with Crippen molar-refractivity contribution in [3.8, 4) is 11.5 Å². The van der Waals surface area contributed by atoms with Gasteiger partial charge in [-0.15, -0.1) is 0 Å². The van der Waals surface area contributed by atoms with Crippen LogP contribution < -0.4 is 14.2 Å². The Morgan fingerprint density at radius 2 is 1.74 bits per heavy atom. The summed E-state index contributed by atoms with van der Waals surface area (Å²) < 4.78 is 69.6. The van der Waals surface area contributed by atoms with E-state index in [9.17, 15) is 22.0 Å². The zero-order chi connectivity index (χ0) is 31.1. The van der Waals surface area contributed by atoms with Gasteiger partial charge in [0, 0.05) is 31.0 Å². The molecule has 0 amide bonds. The summed E-state index contributed by atoms with van der Waals surface area (Å²) in [5.41, 5.74) is 1.33.